The molecule has 1 aliphatic carbocycles. The molecular formula is C16H26N2O3. The molecule has 2 saturated heterocycles. The van der Waals surface area contributed by atoms with Gasteiger partial charge in [-0.3, -0.25) is 9.59 Å². The highest BCUT2D eigenvalue weighted by Gasteiger charge is 2.46. The third-order valence-electron chi connectivity index (χ3n) is 5.49. The van der Waals surface area contributed by atoms with Crippen LogP contribution in [0.3, 0.4) is 0 Å². The molecular weight excluding hydrogens is 268 g/mol. The van der Waals surface area contributed by atoms with Crippen LogP contribution < -0.4 is 5.32 Å². The Labute approximate surface area is 126 Å². The van der Waals surface area contributed by atoms with Crippen LogP contribution in [0.25, 0.3) is 0 Å². The summed E-state index contributed by atoms with van der Waals surface area (Å²) in [5.41, 5.74) is -0.668. The standard InChI is InChI=1S/C16H26N2O3/c1-3-15(2)14(20)18(11-13(19)17-15)10-12-6-9-16(21-12)7-4-5-8-16/h12H,3-11H2,1-2H3,(H,17,19). The van der Waals surface area contributed by atoms with Gasteiger partial charge >= 0.3 is 0 Å². The number of piperazine rings is 1. The number of rotatable bonds is 3. The van der Waals surface area contributed by atoms with Crippen LogP contribution >= 0.6 is 0 Å². The Hall–Kier alpha value is -1.10. The van der Waals surface area contributed by atoms with Crippen LogP contribution in [0.1, 0.15) is 58.8 Å². The van der Waals surface area contributed by atoms with E-state index in [9.17, 15) is 9.59 Å². The van der Waals surface area contributed by atoms with Crippen molar-refractivity contribution in [3.8, 4) is 0 Å². The molecule has 2 amide bonds. The zero-order valence-electron chi connectivity index (χ0n) is 13.1. The monoisotopic (exact) mass is 294 g/mol. The fraction of sp³-hybridized carbons (Fsp3) is 0.875. The zero-order chi connectivity index (χ0) is 15.1. The fourth-order valence-electron chi connectivity index (χ4n) is 4.04. The highest BCUT2D eigenvalue weighted by molar-refractivity contribution is 5.97. The Morgan fingerprint density at radius 2 is 2.00 bits per heavy atom. The molecule has 3 rings (SSSR count). The van der Waals surface area contributed by atoms with Gasteiger partial charge in [-0.1, -0.05) is 19.8 Å². The van der Waals surface area contributed by atoms with Crippen molar-refractivity contribution in [3.63, 3.8) is 0 Å². The molecule has 0 aromatic carbocycles. The minimum Gasteiger partial charge on any atom is -0.370 e. The summed E-state index contributed by atoms with van der Waals surface area (Å²) in [5.74, 6) is -0.0342. The molecule has 2 heterocycles. The van der Waals surface area contributed by atoms with Gasteiger partial charge in [0.15, 0.2) is 0 Å². The number of ether oxygens (including phenoxy) is 1. The average molecular weight is 294 g/mol. The second-order valence-electron chi connectivity index (χ2n) is 7.09. The van der Waals surface area contributed by atoms with Crippen molar-refractivity contribution in [2.24, 2.45) is 0 Å². The van der Waals surface area contributed by atoms with Crippen molar-refractivity contribution in [1.82, 2.24) is 10.2 Å². The lowest BCUT2D eigenvalue weighted by Crippen LogP contribution is -2.65. The summed E-state index contributed by atoms with van der Waals surface area (Å²) in [7, 11) is 0. The number of hydrogen-bond donors (Lipinski definition) is 1. The van der Waals surface area contributed by atoms with Gasteiger partial charge in [0.05, 0.1) is 18.2 Å². The van der Waals surface area contributed by atoms with E-state index in [1.54, 1.807) is 4.90 Å². The molecule has 0 bridgehead atoms. The predicted octanol–water partition coefficient (Wildman–Crippen LogP) is 1.61. The van der Waals surface area contributed by atoms with Crippen molar-refractivity contribution in [2.45, 2.75) is 76.0 Å². The molecule has 1 saturated carbocycles. The van der Waals surface area contributed by atoms with Gasteiger partial charge in [0.25, 0.3) is 0 Å². The van der Waals surface area contributed by atoms with E-state index in [4.69, 9.17) is 4.74 Å². The minimum atomic E-state index is -0.751. The summed E-state index contributed by atoms with van der Waals surface area (Å²) < 4.78 is 6.27. The van der Waals surface area contributed by atoms with Crippen molar-refractivity contribution in [2.75, 3.05) is 13.1 Å². The molecule has 0 aromatic heterocycles. The van der Waals surface area contributed by atoms with E-state index >= 15 is 0 Å². The van der Waals surface area contributed by atoms with Gasteiger partial charge in [-0.15, -0.1) is 0 Å². The second kappa shape index (κ2) is 5.27. The Morgan fingerprint density at radius 3 is 2.67 bits per heavy atom. The molecule has 3 fully saturated rings. The molecule has 1 N–H and O–H groups in total. The predicted molar refractivity (Wildman–Crippen MR) is 78.7 cm³/mol. The third kappa shape index (κ3) is 2.68. The first-order valence-electron chi connectivity index (χ1n) is 8.25. The molecule has 0 aromatic rings. The van der Waals surface area contributed by atoms with Crippen LogP contribution in [-0.2, 0) is 14.3 Å². The van der Waals surface area contributed by atoms with Crippen LogP contribution in [0.15, 0.2) is 0 Å². The van der Waals surface area contributed by atoms with Crippen molar-refractivity contribution >= 4 is 11.8 Å². The molecule has 21 heavy (non-hydrogen) atoms. The minimum absolute atomic E-state index is 0.0283. The number of carbonyl (C=O) groups is 2. The molecule has 118 valence electrons. The van der Waals surface area contributed by atoms with E-state index in [1.807, 2.05) is 13.8 Å². The largest absolute Gasteiger partial charge is 0.370 e. The Morgan fingerprint density at radius 1 is 1.29 bits per heavy atom. The lowest BCUT2D eigenvalue weighted by Gasteiger charge is -2.40. The van der Waals surface area contributed by atoms with E-state index in [-0.39, 0.29) is 30.1 Å². The van der Waals surface area contributed by atoms with Crippen LogP contribution in [0.2, 0.25) is 0 Å². The molecule has 2 aliphatic heterocycles. The lowest BCUT2D eigenvalue weighted by molar-refractivity contribution is -0.152. The van der Waals surface area contributed by atoms with Gasteiger partial charge in [0.1, 0.15) is 5.54 Å². The first-order chi connectivity index (χ1) is 9.96. The molecule has 3 aliphatic rings. The Bertz CT molecular complexity index is 445. The topological polar surface area (TPSA) is 58.6 Å². The molecule has 1 spiro atoms. The summed E-state index contributed by atoms with van der Waals surface area (Å²) in [6.45, 7) is 4.47. The quantitative estimate of drug-likeness (QED) is 0.860. The van der Waals surface area contributed by atoms with Gasteiger partial charge in [0.2, 0.25) is 11.8 Å². The molecule has 2 unspecified atom stereocenters. The SMILES string of the molecule is CCC1(C)NC(=O)CN(CC2CCC3(CCCC3)O2)C1=O. The maximum Gasteiger partial charge on any atom is 0.248 e. The van der Waals surface area contributed by atoms with E-state index in [0.717, 1.165) is 25.7 Å². The Kier molecular flexibility index (Phi) is 3.72. The van der Waals surface area contributed by atoms with Gasteiger partial charge in [0, 0.05) is 6.54 Å². The molecule has 2 atom stereocenters. The average Bonchev–Trinajstić information content (AvgIpc) is 3.06. The number of amides is 2. The first kappa shape index (κ1) is 14.8. The fourth-order valence-corrected chi connectivity index (χ4v) is 4.04. The van der Waals surface area contributed by atoms with Crippen LogP contribution in [0.5, 0.6) is 0 Å². The molecule has 0 radical (unpaired) electrons. The lowest BCUT2D eigenvalue weighted by atomic mass is 9.94. The summed E-state index contributed by atoms with van der Waals surface area (Å²) >= 11 is 0. The van der Waals surface area contributed by atoms with Crippen molar-refractivity contribution < 1.29 is 14.3 Å². The number of hydrogen-bond acceptors (Lipinski definition) is 3. The van der Waals surface area contributed by atoms with E-state index < -0.39 is 5.54 Å². The second-order valence-corrected chi connectivity index (χ2v) is 7.09. The van der Waals surface area contributed by atoms with Gasteiger partial charge in [-0.25, -0.2) is 0 Å². The van der Waals surface area contributed by atoms with Gasteiger partial charge in [-0.2, -0.15) is 0 Å². The first-order valence-corrected chi connectivity index (χ1v) is 8.25. The molecule has 5 heteroatoms. The third-order valence-corrected chi connectivity index (χ3v) is 5.49. The van der Waals surface area contributed by atoms with Crippen molar-refractivity contribution in [3.05, 3.63) is 0 Å². The van der Waals surface area contributed by atoms with E-state index in [2.05, 4.69) is 5.32 Å². The van der Waals surface area contributed by atoms with E-state index in [1.165, 1.54) is 12.8 Å². The number of carbonyl (C=O) groups excluding carboxylic acids is 2. The number of nitrogens with one attached hydrogen (secondary N) is 1. The van der Waals surface area contributed by atoms with Crippen molar-refractivity contribution in [1.29, 1.82) is 0 Å². The zero-order valence-corrected chi connectivity index (χ0v) is 13.1. The molecule has 5 nitrogen and oxygen atoms in total. The van der Waals surface area contributed by atoms with Gasteiger partial charge in [-0.05, 0) is 39.0 Å². The van der Waals surface area contributed by atoms with Crippen LogP contribution in [-0.4, -0.2) is 47.0 Å². The van der Waals surface area contributed by atoms with Crippen LogP contribution in [0, 0.1) is 0 Å². The van der Waals surface area contributed by atoms with Gasteiger partial charge < -0.3 is 15.0 Å². The summed E-state index contributed by atoms with van der Waals surface area (Å²) in [6.07, 6.45) is 7.65. The van der Waals surface area contributed by atoms with E-state index in [0.29, 0.717) is 13.0 Å². The van der Waals surface area contributed by atoms with Crippen LogP contribution in [0.4, 0.5) is 0 Å². The highest BCUT2D eigenvalue weighted by atomic mass is 16.5. The highest BCUT2D eigenvalue weighted by Crippen LogP contribution is 2.43. The number of nitrogens with zero attached hydrogens (tertiary/aromatic N) is 1. The maximum absolute atomic E-state index is 12.6. The summed E-state index contributed by atoms with van der Waals surface area (Å²) in [6, 6.07) is 0. The Balaban J connectivity index is 1.64. The normalized spacial score (nSPS) is 35.5. The maximum atomic E-state index is 12.6. The smallest absolute Gasteiger partial charge is 0.248 e. The summed E-state index contributed by atoms with van der Waals surface area (Å²) in [4.78, 5) is 26.1. The summed E-state index contributed by atoms with van der Waals surface area (Å²) in [5, 5.41) is 2.82.